The van der Waals surface area contributed by atoms with Crippen molar-refractivity contribution in [3.8, 4) is 11.1 Å². The van der Waals surface area contributed by atoms with Crippen molar-refractivity contribution >= 4 is 11.8 Å². The summed E-state index contributed by atoms with van der Waals surface area (Å²) in [7, 11) is 0. The van der Waals surface area contributed by atoms with Crippen LogP contribution >= 0.6 is 0 Å². The normalized spacial score (nSPS) is 22.3. The van der Waals surface area contributed by atoms with Gasteiger partial charge in [-0.25, -0.2) is 0 Å². The van der Waals surface area contributed by atoms with Crippen molar-refractivity contribution in [2.75, 3.05) is 32.7 Å². The maximum atomic E-state index is 13.0. The van der Waals surface area contributed by atoms with Crippen molar-refractivity contribution in [2.45, 2.75) is 45.1 Å². The van der Waals surface area contributed by atoms with E-state index in [9.17, 15) is 14.7 Å². The van der Waals surface area contributed by atoms with E-state index in [1.807, 2.05) is 36.4 Å². The van der Waals surface area contributed by atoms with E-state index in [2.05, 4.69) is 83.5 Å². The second-order valence-corrected chi connectivity index (χ2v) is 14.4. The summed E-state index contributed by atoms with van der Waals surface area (Å²) in [6.45, 7) is 8.24. The number of benzene rings is 5. The third-order valence-electron chi connectivity index (χ3n) is 10.9. The second kappa shape index (κ2) is 15.6. The highest BCUT2D eigenvalue weighted by Gasteiger charge is 2.40. The van der Waals surface area contributed by atoms with E-state index in [0.29, 0.717) is 11.1 Å². The number of rotatable bonds is 10. The van der Waals surface area contributed by atoms with Crippen LogP contribution in [0.15, 0.2) is 127 Å². The summed E-state index contributed by atoms with van der Waals surface area (Å²) >= 11 is 0. The number of hydrogen-bond acceptors (Lipinski definition) is 7. The summed E-state index contributed by atoms with van der Waals surface area (Å²) in [5.74, 6) is -0.403. The average Bonchev–Trinajstić information content (AvgIpc) is 3.44. The van der Waals surface area contributed by atoms with Crippen LogP contribution in [0.3, 0.4) is 0 Å². The van der Waals surface area contributed by atoms with Crippen LogP contribution in [0.1, 0.15) is 67.9 Å². The number of aliphatic hydroxyl groups is 1. The van der Waals surface area contributed by atoms with Gasteiger partial charge in [0, 0.05) is 50.7 Å². The SMILES string of the molecule is C[C@@H]1[C@H](CN2CCN(Cc3ccccc3)CC2)O[C@H](c2ccc(-c3cccc(CN4C(=O)c5ccccc5C4=O)c3)cc2)O[C@@H]1c1ccc(CO)cc1. The molecule has 0 aromatic heterocycles. The molecule has 0 aliphatic carbocycles. The molecule has 0 saturated carbocycles. The van der Waals surface area contributed by atoms with Gasteiger partial charge in [-0.2, -0.15) is 0 Å². The smallest absolute Gasteiger partial charge is 0.261 e. The number of ether oxygens (including phenoxy) is 2. The summed E-state index contributed by atoms with van der Waals surface area (Å²) in [5, 5.41) is 9.66. The van der Waals surface area contributed by atoms with Crippen LogP contribution in [0.25, 0.3) is 11.1 Å². The Bertz CT molecular complexity index is 2010. The van der Waals surface area contributed by atoms with E-state index in [1.165, 1.54) is 10.5 Å². The molecule has 5 aromatic rings. The quantitative estimate of drug-likeness (QED) is 0.153. The Morgan fingerprint density at radius 1 is 0.604 bits per heavy atom. The van der Waals surface area contributed by atoms with E-state index in [-0.39, 0.29) is 43.1 Å². The van der Waals surface area contributed by atoms with Crippen molar-refractivity contribution in [1.82, 2.24) is 14.7 Å². The van der Waals surface area contributed by atoms with E-state index in [0.717, 1.165) is 72.6 Å². The van der Waals surface area contributed by atoms with Gasteiger partial charge in [-0.3, -0.25) is 24.3 Å². The predicted octanol–water partition coefficient (Wildman–Crippen LogP) is 7.25. The van der Waals surface area contributed by atoms with Crippen LogP contribution in [0, 0.1) is 5.92 Å². The molecule has 53 heavy (non-hydrogen) atoms. The highest BCUT2D eigenvalue weighted by atomic mass is 16.7. The molecule has 0 spiro atoms. The largest absolute Gasteiger partial charge is 0.392 e. The van der Waals surface area contributed by atoms with Crippen LogP contribution in [0.2, 0.25) is 0 Å². The van der Waals surface area contributed by atoms with E-state index in [4.69, 9.17) is 9.47 Å². The molecule has 2 saturated heterocycles. The van der Waals surface area contributed by atoms with E-state index < -0.39 is 6.29 Å². The molecule has 3 aliphatic rings. The molecule has 4 atom stereocenters. The van der Waals surface area contributed by atoms with E-state index in [1.54, 1.807) is 24.3 Å². The fourth-order valence-corrected chi connectivity index (χ4v) is 7.80. The zero-order valence-electron chi connectivity index (χ0n) is 30.0. The second-order valence-electron chi connectivity index (χ2n) is 14.4. The highest BCUT2D eigenvalue weighted by molar-refractivity contribution is 6.21. The van der Waals surface area contributed by atoms with Gasteiger partial charge in [-0.1, -0.05) is 116 Å². The third kappa shape index (κ3) is 7.60. The van der Waals surface area contributed by atoms with Gasteiger partial charge in [0.1, 0.15) is 0 Å². The molecule has 2 fully saturated rings. The predicted molar refractivity (Wildman–Crippen MR) is 204 cm³/mol. The lowest BCUT2D eigenvalue weighted by Crippen LogP contribution is -2.51. The fraction of sp³-hybridized carbons (Fsp3) is 0.289. The van der Waals surface area contributed by atoms with Crippen molar-refractivity contribution in [3.63, 3.8) is 0 Å². The van der Waals surface area contributed by atoms with Crippen molar-refractivity contribution in [3.05, 3.63) is 166 Å². The molecule has 8 heteroatoms. The molecule has 0 unspecified atom stereocenters. The monoisotopic (exact) mass is 707 g/mol. The van der Waals surface area contributed by atoms with E-state index >= 15 is 0 Å². The molecule has 8 nitrogen and oxygen atoms in total. The minimum absolute atomic E-state index is 0.00396. The van der Waals surface area contributed by atoms with Gasteiger partial charge in [0.05, 0.1) is 36.5 Å². The number of imide groups is 1. The van der Waals surface area contributed by atoms with Crippen LogP contribution in [-0.2, 0) is 29.2 Å². The Morgan fingerprint density at radius 2 is 1.23 bits per heavy atom. The molecule has 270 valence electrons. The van der Waals surface area contributed by atoms with Crippen molar-refractivity contribution < 1.29 is 24.2 Å². The first-order valence-electron chi connectivity index (χ1n) is 18.6. The van der Waals surface area contributed by atoms with Crippen LogP contribution in [-0.4, -0.2) is 70.4 Å². The number of fused-ring (bicyclic) bond motifs is 1. The lowest BCUT2D eigenvalue weighted by Gasteiger charge is -2.44. The highest BCUT2D eigenvalue weighted by Crippen LogP contribution is 2.42. The Hall–Kier alpha value is -4.96. The van der Waals surface area contributed by atoms with Crippen molar-refractivity contribution in [1.29, 1.82) is 0 Å². The molecule has 5 aromatic carbocycles. The summed E-state index contributed by atoms with van der Waals surface area (Å²) in [4.78, 5) is 32.4. The van der Waals surface area contributed by atoms with Gasteiger partial charge in [-0.15, -0.1) is 0 Å². The van der Waals surface area contributed by atoms with Crippen LogP contribution in [0.4, 0.5) is 0 Å². The molecule has 2 amide bonds. The lowest BCUT2D eigenvalue weighted by atomic mass is 9.89. The number of hydrogen-bond donors (Lipinski definition) is 1. The number of amides is 2. The molecular formula is C45H45N3O5. The van der Waals surface area contributed by atoms with Gasteiger partial charge in [-0.05, 0) is 51.6 Å². The van der Waals surface area contributed by atoms with Crippen LogP contribution in [0.5, 0.6) is 0 Å². The van der Waals surface area contributed by atoms with Gasteiger partial charge in [0.15, 0.2) is 6.29 Å². The van der Waals surface area contributed by atoms with Gasteiger partial charge < -0.3 is 14.6 Å². The molecule has 0 radical (unpaired) electrons. The van der Waals surface area contributed by atoms with Crippen LogP contribution < -0.4 is 0 Å². The Labute approximate surface area is 311 Å². The molecule has 3 aliphatic heterocycles. The Balaban J connectivity index is 0.970. The minimum Gasteiger partial charge on any atom is -0.392 e. The molecular weight excluding hydrogens is 663 g/mol. The Morgan fingerprint density at radius 3 is 1.91 bits per heavy atom. The number of carbonyl (C=O) groups is 2. The molecule has 1 N–H and O–H groups in total. The summed E-state index contributed by atoms with van der Waals surface area (Å²) in [5.41, 5.74) is 8.05. The zero-order chi connectivity index (χ0) is 36.3. The number of nitrogens with zero attached hydrogens (tertiary/aromatic N) is 3. The summed E-state index contributed by atoms with van der Waals surface area (Å²) < 4.78 is 13.6. The minimum atomic E-state index is -0.549. The number of aliphatic hydroxyl groups excluding tert-OH is 1. The standard InChI is InChI=1S/C45H45N3O5/c1-31-41(29-47-24-22-46(23-25-47)27-32-8-3-2-4-9-32)52-45(53-42(31)36-16-14-33(30-49)15-17-36)37-20-18-35(19-21-37)38-11-7-10-34(26-38)28-48-43(50)39-12-5-6-13-40(39)44(48)51/h2-21,26,31,41-42,45,49H,22-25,27-30H2,1H3/t31-,41+,42+,45+/m1/s1. The lowest BCUT2D eigenvalue weighted by molar-refractivity contribution is -0.276. The third-order valence-corrected chi connectivity index (χ3v) is 10.9. The van der Waals surface area contributed by atoms with Crippen molar-refractivity contribution in [2.24, 2.45) is 5.92 Å². The fourth-order valence-electron chi connectivity index (χ4n) is 7.80. The number of piperazine rings is 1. The zero-order valence-corrected chi connectivity index (χ0v) is 30.0. The maximum Gasteiger partial charge on any atom is 0.261 e. The summed E-state index contributed by atoms with van der Waals surface area (Å²) in [6, 6.07) is 42.0. The Kier molecular flexibility index (Phi) is 10.3. The summed E-state index contributed by atoms with van der Waals surface area (Å²) in [6.07, 6.45) is -0.771. The van der Waals surface area contributed by atoms with Gasteiger partial charge in [0.25, 0.3) is 11.8 Å². The maximum absolute atomic E-state index is 13.0. The first kappa shape index (κ1) is 35.1. The topological polar surface area (TPSA) is 82.6 Å². The number of carbonyl (C=O) groups excluding carboxylic acids is 2. The molecule has 3 heterocycles. The van der Waals surface area contributed by atoms with Gasteiger partial charge in [0.2, 0.25) is 0 Å². The molecule has 8 rings (SSSR count). The first-order valence-corrected chi connectivity index (χ1v) is 18.6. The van der Waals surface area contributed by atoms with Gasteiger partial charge >= 0.3 is 0 Å². The first-order chi connectivity index (χ1) is 25.9. The molecule has 0 bridgehead atoms. The average molecular weight is 708 g/mol.